The summed E-state index contributed by atoms with van der Waals surface area (Å²) in [7, 11) is -0.512. The zero-order chi connectivity index (χ0) is 20.2. The van der Waals surface area contributed by atoms with Crippen molar-refractivity contribution in [3.8, 4) is 5.75 Å². The molecule has 1 amide bonds. The maximum atomic E-state index is 12.7. The van der Waals surface area contributed by atoms with Gasteiger partial charge in [0.05, 0.1) is 17.9 Å². The number of hydrogen-bond acceptors (Lipinski definition) is 5. The van der Waals surface area contributed by atoms with Gasteiger partial charge >= 0.3 is 5.97 Å². The molecule has 1 saturated heterocycles. The zero-order valence-corrected chi connectivity index (χ0v) is 16.6. The Morgan fingerprint density at radius 2 is 1.81 bits per heavy atom. The predicted molar refractivity (Wildman–Crippen MR) is 98.9 cm³/mol. The maximum Gasteiger partial charge on any atom is 0.308 e. The molecule has 0 radical (unpaired) electrons. The van der Waals surface area contributed by atoms with Crippen molar-refractivity contribution in [3.63, 3.8) is 0 Å². The molecule has 1 heterocycles. The maximum absolute atomic E-state index is 12.7. The van der Waals surface area contributed by atoms with Crippen molar-refractivity contribution in [1.82, 2.24) is 9.21 Å². The fourth-order valence-electron chi connectivity index (χ4n) is 3.13. The van der Waals surface area contributed by atoms with Crippen LogP contribution in [0.25, 0.3) is 0 Å². The number of aliphatic carboxylic acids is 1. The molecule has 0 saturated carbocycles. The highest BCUT2D eigenvalue weighted by molar-refractivity contribution is 7.89. The Hall–Kier alpha value is -2.13. The fraction of sp³-hybridized carbons (Fsp3) is 0.556. The number of benzene rings is 1. The third kappa shape index (κ3) is 4.98. The Morgan fingerprint density at radius 1 is 1.26 bits per heavy atom. The SMILES string of the molecule is COc1ccc(S(=O)(=O)N2CCC(C(=O)N(C)CC(C)C(=O)O)CC2)cc1. The standard InChI is InChI=1S/C18H26N2O6S/c1-13(18(22)23)12-19(2)17(21)14-8-10-20(11-9-14)27(24,25)16-6-4-15(26-3)5-7-16/h4-7,13-14H,8-12H2,1-3H3,(H,22,23). The van der Waals surface area contributed by atoms with E-state index in [0.717, 1.165) is 0 Å². The molecule has 1 fully saturated rings. The average Bonchev–Trinajstić information content (AvgIpc) is 2.67. The molecule has 1 atom stereocenters. The van der Waals surface area contributed by atoms with Gasteiger partial charge < -0.3 is 14.7 Å². The highest BCUT2D eigenvalue weighted by Crippen LogP contribution is 2.26. The van der Waals surface area contributed by atoms with Crippen LogP contribution < -0.4 is 4.74 Å². The summed E-state index contributed by atoms with van der Waals surface area (Å²) in [6.07, 6.45) is 0.833. The van der Waals surface area contributed by atoms with Crippen LogP contribution in [0.2, 0.25) is 0 Å². The van der Waals surface area contributed by atoms with Crippen LogP contribution in [-0.4, -0.2) is 68.4 Å². The van der Waals surface area contributed by atoms with Crippen molar-refractivity contribution >= 4 is 21.9 Å². The van der Waals surface area contributed by atoms with Gasteiger partial charge in [0, 0.05) is 32.6 Å². The molecule has 9 heteroatoms. The van der Waals surface area contributed by atoms with E-state index in [0.29, 0.717) is 18.6 Å². The lowest BCUT2D eigenvalue weighted by atomic mass is 9.96. The number of nitrogens with zero attached hydrogens (tertiary/aromatic N) is 2. The molecule has 8 nitrogen and oxygen atoms in total. The van der Waals surface area contributed by atoms with Crippen LogP contribution >= 0.6 is 0 Å². The van der Waals surface area contributed by atoms with Crippen molar-refractivity contribution in [2.75, 3.05) is 33.8 Å². The molecule has 1 aliphatic rings. The van der Waals surface area contributed by atoms with E-state index in [-0.39, 0.29) is 36.4 Å². The number of carbonyl (C=O) groups excluding carboxylic acids is 1. The van der Waals surface area contributed by atoms with E-state index in [9.17, 15) is 18.0 Å². The van der Waals surface area contributed by atoms with Crippen LogP contribution in [0.15, 0.2) is 29.2 Å². The molecular formula is C18H26N2O6S. The first-order chi connectivity index (χ1) is 12.7. The Morgan fingerprint density at radius 3 is 2.30 bits per heavy atom. The second-order valence-corrected chi connectivity index (χ2v) is 8.75. The number of piperidine rings is 1. The van der Waals surface area contributed by atoms with Crippen molar-refractivity contribution in [1.29, 1.82) is 0 Å². The van der Waals surface area contributed by atoms with Crippen LogP contribution in [0, 0.1) is 11.8 Å². The van der Waals surface area contributed by atoms with E-state index in [1.165, 1.54) is 28.4 Å². The molecule has 0 aromatic heterocycles. The summed E-state index contributed by atoms with van der Waals surface area (Å²) in [6.45, 7) is 2.20. The van der Waals surface area contributed by atoms with Gasteiger partial charge in [-0.2, -0.15) is 4.31 Å². The summed E-state index contributed by atoms with van der Waals surface area (Å²) in [5.41, 5.74) is 0. The van der Waals surface area contributed by atoms with Crippen LogP contribution in [0.4, 0.5) is 0 Å². The summed E-state index contributed by atoms with van der Waals surface area (Å²) < 4.78 is 31.9. The number of ether oxygens (including phenoxy) is 1. The number of hydrogen-bond donors (Lipinski definition) is 1. The topological polar surface area (TPSA) is 104 Å². The molecule has 0 spiro atoms. The van der Waals surface area contributed by atoms with Gasteiger partial charge in [-0.3, -0.25) is 9.59 Å². The fourth-order valence-corrected chi connectivity index (χ4v) is 4.60. The molecule has 1 unspecified atom stereocenters. The number of carboxylic acid groups (broad SMARTS) is 1. The van der Waals surface area contributed by atoms with Gasteiger partial charge in [0.2, 0.25) is 15.9 Å². The normalized spacial score (nSPS) is 17.3. The largest absolute Gasteiger partial charge is 0.497 e. The molecule has 0 bridgehead atoms. The predicted octanol–water partition coefficient (Wildman–Crippen LogP) is 1.28. The lowest BCUT2D eigenvalue weighted by Gasteiger charge is -2.33. The number of sulfonamides is 1. The molecule has 2 rings (SSSR count). The highest BCUT2D eigenvalue weighted by atomic mass is 32.2. The van der Waals surface area contributed by atoms with E-state index >= 15 is 0 Å². The zero-order valence-electron chi connectivity index (χ0n) is 15.8. The van der Waals surface area contributed by atoms with Crippen molar-refractivity contribution < 1.29 is 27.9 Å². The number of carbonyl (C=O) groups is 2. The average molecular weight is 398 g/mol. The Balaban J connectivity index is 1.97. The second kappa shape index (κ2) is 8.71. The third-order valence-corrected chi connectivity index (χ3v) is 6.76. The second-order valence-electron chi connectivity index (χ2n) is 6.81. The minimum Gasteiger partial charge on any atom is -0.497 e. The molecule has 1 N–H and O–H groups in total. The third-order valence-electron chi connectivity index (χ3n) is 4.85. The molecule has 0 aliphatic carbocycles. The molecule has 1 aromatic rings. The van der Waals surface area contributed by atoms with E-state index in [1.807, 2.05) is 0 Å². The van der Waals surface area contributed by atoms with E-state index in [4.69, 9.17) is 9.84 Å². The van der Waals surface area contributed by atoms with Crippen molar-refractivity contribution in [2.24, 2.45) is 11.8 Å². The monoisotopic (exact) mass is 398 g/mol. The molecule has 1 aromatic carbocycles. The van der Waals surface area contributed by atoms with Crippen LogP contribution in [0.3, 0.4) is 0 Å². The van der Waals surface area contributed by atoms with Gasteiger partial charge in [-0.05, 0) is 37.1 Å². The number of carboxylic acids is 1. The summed E-state index contributed by atoms with van der Waals surface area (Å²) in [4.78, 5) is 25.1. The van der Waals surface area contributed by atoms with Crippen molar-refractivity contribution in [3.05, 3.63) is 24.3 Å². The van der Waals surface area contributed by atoms with Gasteiger partial charge in [-0.25, -0.2) is 8.42 Å². The van der Waals surface area contributed by atoms with Gasteiger partial charge in [-0.15, -0.1) is 0 Å². The highest BCUT2D eigenvalue weighted by Gasteiger charge is 2.33. The lowest BCUT2D eigenvalue weighted by molar-refractivity contribution is -0.143. The molecule has 27 heavy (non-hydrogen) atoms. The Kier molecular flexibility index (Phi) is 6.83. The Bertz CT molecular complexity index is 770. The van der Waals surface area contributed by atoms with Crippen LogP contribution in [0.5, 0.6) is 5.75 Å². The summed E-state index contributed by atoms with van der Waals surface area (Å²) in [5.74, 6) is -1.44. The van der Waals surface area contributed by atoms with Crippen LogP contribution in [0.1, 0.15) is 19.8 Å². The van der Waals surface area contributed by atoms with E-state index in [1.54, 1.807) is 26.1 Å². The smallest absolute Gasteiger partial charge is 0.308 e. The van der Waals surface area contributed by atoms with E-state index < -0.39 is 21.9 Å². The van der Waals surface area contributed by atoms with Gasteiger partial charge in [0.25, 0.3) is 0 Å². The minimum absolute atomic E-state index is 0.135. The Labute approximate surface area is 159 Å². The number of rotatable bonds is 7. The van der Waals surface area contributed by atoms with Gasteiger partial charge in [0.15, 0.2) is 0 Å². The molecule has 150 valence electrons. The molecular weight excluding hydrogens is 372 g/mol. The lowest BCUT2D eigenvalue weighted by Crippen LogP contribution is -2.44. The summed E-state index contributed by atoms with van der Waals surface area (Å²) >= 11 is 0. The van der Waals surface area contributed by atoms with Crippen LogP contribution in [-0.2, 0) is 19.6 Å². The van der Waals surface area contributed by atoms with Gasteiger partial charge in [0.1, 0.15) is 5.75 Å². The minimum atomic E-state index is -3.61. The molecule has 1 aliphatic heterocycles. The quantitative estimate of drug-likeness (QED) is 0.742. The van der Waals surface area contributed by atoms with Gasteiger partial charge in [-0.1, -0.05) is 6.92 Å². The summed E-state index contributed by atoms with van der Waals surface area (Å²) in [5, 5.41) is 8.97. The van der Waals surface area contributed by atoms with E-state index in [2.05, 4.69) is 0 Å². The van der Waals surface area contributed by atoms with Crippen molar-refractivity contribution in [2.45, 2.75) is 24.7 Å². The number of amides is 1. The number of methoxy groups -OCH3 is 1. The first kappa shape index (κ1) is 21.2. The summed E-state index contributed by atoms with van der Waals surface area (Å²) in [6, 6.07) is 6.21. The first-order valence-corrected chi connectivity index (χ1v) is 10.2. The first-order valence-electron chi connectivity index (χ1n) is 8.78.